The van der Waals surface area contributed by atoms with Crippen molar-refractivity contribution in [1.82, 2.24) is 9.97 Å². The summed E-state index contributed by atoms with van der Waals surface area (Å²) in [6.45, 7) is 0.587. The second-order valence-corrected chi connectivity index (χ2v) is 4.55. The fourth-order valence-electron chi connectivity index (χ4n) is 1.59. The third-order valence-electron chi connectivity index (χ3n) is 2.51. The van der Waals surface area contributed by atoms with Crippen LogP contribution in [0.1, 0.15) is 5.56 Å². The van der Waals surface area contributed by atoms with Gasteiger partial charge in [0.1, 0.15) is 11.6 Å². The minimum atomic E-state index is 0.353. The fraction of sp³-hybridized carbons (Fsp3) is 0.167. The maximum atomic E-state index is 5.29. The number of nitrogens with zero attached hydrogens (tertiary/aromatic N) is 2. The first kappa shape index (κ1) is 13.6. The van der Waals surface area contributed by atoms with Gasteiger partial charge in [-0.25, -0.2) is 10.8 Å². The van der Waals surface area contributed by atoms with Gasteiger partial charge in [0.25, 0.3) is 0 Å². The Kier molecular flexibility index (Phi) is 4.53. The molecule has 0 bridgehead atoms. The highest BCUT2D eigenvalue weighted by Gasteiger charge is 2.06. The molecule has 1 aromatic heterocycles. The molecular formula is C12H14BrN5O. The molecule has 0 saturated heterocycles. The van der Waals surface area contributed by atoms with Gasteiger partial charge in [0.2, 0.25) is 5.95 Å². The molecule has 0 radical (unpaired) electrons. The second kappa shape index (κ2) is 6.35. The quantitative estimate of drug-likeness (QED) is 0.577. The summed E-state index contributed by atoms with van der Waals surface area (Å²) in [5.74, 6) is 7.13. The number of para-hydroxylation sites is 1. The molecule has 4 N–H and O–H groups in total. The fourth-order valence-corrected chi connectivity index (χ4v) is 1.92. The largest absolute Gasteiger partial charge is 0.496 e. The van der Waals surface area contributed by atoms with Crippen LogP contribution in [0.25, 0.3) is 0 Å². The Labute approximate surface area is 119 Å². The van der Waals surface area contributed by atoms with Crippen LogP contribution in [0, 0.1) is 0 Å². The molecule has 2 rings (SSSR count). The van der Waals surface area contributed by atoms with Gasteiger partial charge in [-0.2, -0.15) is 4.98 Å². The number of rotatable bonds is 5. The van der Waals surface area contributed by atoms with E-state index in [1.165, 1.54) is 0 Å². The van der Waals surface area contributed by atoms with E-state index >= 15 is 0 Å². The summed E-state index contributed by atoms with van der Waals surface area (Å²) >= 11 is 3.38. The van der Waals surface area contributed by atoms with Crippen molar-refractivity contribution in [1.29, 1.82) is 0 Å². The summed E-state index contributed by atoms with van der Waals surface area (Å²) in [6.07, 6.45) is 1.63. The van der Waals surface area contributed by atoms with Crippen LogP contribution in [0.5, 0.6) is 5.75 Å². The average molecular weight is 324 g/mol. The zero-order valence-corrected chi connectivity index (χ0v) is 11.9. The molecule has 1 aromatic carbocycles. The van der Waals surface area contributed by atoms with Crippen LogP contribution < -0.4 is 21.3 Å². The molecule has 7 heteroatoms. The molecule has 0 fully saturated rings. The zero-order chi connectivity index (χ0) is 13.7. The number of aromatic nitrogens is 2. The Bertz CT molecular complexity index is 564. The molecule has 0 spiro atoms. The van der Waals surface area contributed by atoms with Crippen LogP contribution >= 0.6 is 15.9 Å². The van der Waals surface area contributed by atoms with Crippen LogP contribution in [0.3, 0.4) is 0 Å². The van der Waals surface area contributed by atoms with Gasteiger partial charge in [0, 0.05) is 18.3 Å². The molecule has 2 aromatic rings. The number of anilines is 2. The van der Waals surface area contributed by atoms with Crippen molar-refractivity contribution < 1.29 is 4.74 Å². The Morgan fingerprint density at radius 1 is 1.37 bits per heavy atom. The van der Waals surface area contributed by atoms with Crippen LogP contribution in [-0.2, 0) is 6.54 Å². The van der Waals surface area contributed by atoms with Gasteiger partial charge in [-0.15, -0.1) is 0 Å². The van der Waals surface area contributed by atoms with Gasteiger partial charge < -0.3 is 10.1 Å². The normalized spacial score (nSPS) is 10.1. The smallest absolute Gasteiger partial charge is 0.239 e. The number of methoxy groups -OCH3 is 1. The van der Waals surface area contributed by atoms with Crippen molar-refractivity contribution in [2.75, 3.05) is 17.9 Å². The number of hydrogen-bond donors (Lipinski definition) is 3. The molecular weight excluding hydrogens is 310 g/mol. The van der Waals surface area contributed by atoms with Gasteiger partial charge >= 0.3 is 0 Å². The Hall–Kier alpha value is -1.86. The van der Waals surface area contributed by atoms with Crippen LogP contribution in [0.15, 0.2) is 34.9 Å². The van der Waals surface area contributed by atoms with E-state index < -0.39 is 0 Å². The summed E-state index contributed by atoms with van der Waals surface area (Å²) in [7, 11) is 1.65. The lowest BCUT2D eigenvalue weighted by Gasteiger charge is -2.11. The van der Waals surface area contributed by atoms with Crippen molar-refractivity contribution in [2.24, 2.45) is 5.84 Å². The van der Waals surface area contributed by atoms with Crippen molar-refractivity contribution in [3.63, 3.8) is 0 Å². The maximum Gasteiger partial charge on any atom is 0.239 e. The Balaban J connectivity index is 2.14. The average Bonchev–Trinajstić information content (AvgIpc) is 2.46. The summed E-state index contributed by atoms with van der Waals surface area (Å²) in [5.41, 5.74) is 3.45. The van der Waals surface area contributed by atoms with E-state index in [2.05, 4.69) is 36.6 Å². The lowest BCUT2D eigenvalue weighted by Crippen LogP contribution is -2.12. The molecule has 19 heavy (non-hydrogen) atoms. The van der Waals surface area contributed by atoms with E-state index in [1.807, 2.05) is 24.3 Å². The topological polar surface area (TPSA) is 85.1 Å². The van der Waals surface area contributed by atoms with E-state index in [4.69, 9.17) is 10.6 Å². The van der Waals surface area contributed by atoms with Crippen molar-refractivity contribution in [2.45, 2.75) is 6.54 Å². The molecule has 0 aliphatic carbocycles. The standard InChI is InChI=1S/C12H14BrN5O/c1-19-10-5-3-2-4-8(10)6-15-11-9(13)7-16-12(17-11)18-14/h2-5,7H,6,14H2,1H3,(H2,15,16,17,18). The summed E-state index contributed by atoms with van der Waals surface area (Å²) in [4.78, 5) is 8.20. The van der Waals surface area contributed by atoms with Crippen molar-refractivity contribution >= 4 is 27.7 Å². The first-order valence-electron chi connectivity index (χ1n) is 5.59. The molecule has 0 amide bonds. The number of benzene rings is 1. The van der Waals surface area contributed by atoms with Crippen LogP contribution in [-0.4, -0.2) is 17.1 Å². The number of nitrogen functional groups attached to an aromatic ring is 1. The third kappa shape index (κ3) is 3.33. The SMILES string of the molecule is COc1ccccc1CNc1nc(NN)ncc1Br. The van der Waals surface area contributed by atoms with Gasteiger partial charge in [-0.05, 0) is 22.0 Å². The molecule has 0 atom stereocenters. The Morgan fingerprint density at radius 2 is 2.16 bits per heavy atom. The number of hydrazine groups is 1. The zero-order valence-electron chi connectivity index (χ0n) is 10.4. The number of hydrogen-bond acceptors (Lipinski definition) is 6. The first-order chi connectivity index (χ1) is 9.24. The van der Waals surface area contributed by atoms with Gasteiger partial charge in [0.05, 0.1) is 11.6 Å². The summed E-state index contributed by atoms with van der Waals surface area (Å²) in [5, 5.41) is 3.21. The molecule has 1 heterocycles. The minimum Gasteiger partial charge on any atom is -0.496 e. The van der Waals surface area contributed by atoms with Crippen molar-refractivity contribution in [3.8, 4) is 5.75 Å². The molecule has 0 aliphatic heterocycles. The number of halogens is 1. The second-order valence-electron chi connectivity index (χ2n) is 3.70. The minimum absolute atomic E-state index is 0.353. The highest BCUT2D eigenvalue weighted by molar-refractivity contribution is 9.10. The summed E-state index contributed by atoms with van der Waals surface area (Å²) < 4.78 is 6.06. The molecule has 6 nitrogen and oxygen atoms in total. The van der Waals surface area contributed by atoms with Crippen LogP contribution in [0.4, 0.5) is 11.8 Å². The highest BCUT2D eigenvalue weighted by atomic mass is 79.9. The lowest BCUT2D eigenvalue weighted by atomic mass is 10.2. The van der Waals surface area contributed by atoms with Gasteiger partial charge in [-0.3, -0.25) is 5.43 Å². The lowest BCUT2D eigenvalue weighted by molar-refractivity contribution is 0.410. The molecule has 0 aliphatic rings. The number of nitrogens with two attached hydrogens (primary N) is 1. The van der Waals surface area contributed by atoms with Crippen molar-refractivity contribution in [3.05, 3.63) is 40.5 Å². The first-order valence-corrected chi connectivity index (χ1v) is 6.39. The highest BCUT2D eigenvalue weighted by Crippen LogP contribution is 2.23. The van der Waals surface area contributed by atoms with E-state index in [-0.39, 0.29) is 0 Å². The number of ether oxygens (including phenoxy) is 1. The molecule has 100 valence electrons. The molecule has 0 unspecified atom stereocenters. The van der Waals surface area contributed by atoms with Crippen LogP contribution in [0.2, 0.25) is 0 Å². The van der Waals surface area contributed by atoms with Gasteiger partial charge in [-0.1, -0.05) is 18.2 Å². The monoisotopic (exact) mass is 323 g/mol. The number of nitrogens with one attached hydrogen (secondary N) is 2. The predicted octanol–water partition coefficient (Wildman–Crippen LogP) is 2.15. The predicted molar refractivity (Wildman–Crippen MR) is 77.9 cm³/mol. The summed E-state index contributed by atoms with van der Waals surface area (Å²) in [6, 6.07) is 7.79. The van der Waals surface area contributed by atoms with E-state index in [1.54, 1.807) is 13.3 Å². The third-order valence-corrected chi connectivity index (χ3v) is 3.09. The van der Waals surface area contributed by atoms with E-state index in [0.29, 0.717) is 18.3 Å². The van der Waals surface area contributed by atoms with Gasteiger partial charge in [0.15, 0.2) is 0 Å². The Morgan fingerprint density at radius 3 is 2.89 bits per heavy atom. The van der Waals surface area contributed by atoms with E-state index in [0.717, 1.165) is 15.8 Å². The molecule has 0 saturated carbocycles. The van der Waals surface area contributed by atoms with E-state index in [9.17, 15) is 0 Å². The maximum absolute atomic E-state index is 5.29.